The van der Waals surface area contributed by atoms with Gasteiger partial charge in [-0.05, 0) is 29.5 Å². The molecule has 1 aliphatic rings. The first-order chi connectivity index (χ1) is 10.9. The molecule has 0 N–H and O–H groups in total. The number of hydrogen-bond acceptors (Lipinski definition) is 4. The Kier molecular flexibility index (Phi) is 3.80. The summed E-state index contributed by atoms with van der Waals surface area (Å²) in [4.78, 5) is 28.3. The van der Waals surface area contributed by atoms with Gasteiger partial charge in [-0.3, -0.25) is 4.79 Å². The summed E-state index contributed by atoms with van der Waals surface area (Å²) < 4.78 is 6.59. The van der Waals surface area contributed by atoms with Gasteiger partial charge in [0.25, 0.3) is 0 Å². The van der Waals surface area contributed by atoms with E-state index in [4.69, 9.17) is 4.74 Å². The molecule has 1 aromatic heterocycles. The highest BCUT2D eigenvalue weighted by Gasteiger charge is 2.34. The van der Waals surface area contributed by atoms with Crippen LogP contribution >= 0.6 is 0 Å². The van der Waals surface area contributed by atoms with Gasteiger partial charge in [-0.1, -0.05) is 26.0 Å². The van der Waals surface area contributed by atoms with Gasteiger partial charge in [0.05, 0.1) is 24.7 Å². The molecular formula is C18H20N2O3. The SMILES string of the molecule is COC(=O)c1ccc(Cn2cnc3c2C(=O)CC(C)(C)C3)cc1. The molecule has 0 radical (unpaired) electrons. The van der Waals surface area contributed by atoms with Crippen molar-refractivity contribution in [3.63, 3.8) is 0 Å². The van der Waals surface area contributed by atoms with E-state index in [-0.39, 0.29) is 17.2 Å². The molecule has 0 saturated heterocycles. The first-order valence-corrected chi connectivity index (χ1v) is 7.64. The molecule has 3 rings (SSSR count). The highest BCUT2D eigenvalue weighted by atomic mass is 16.5. The summed E-state index contributed by atoms with van der Waals surface area (Å²) >= 11 is 0. The fourth-order valence-electron chi connectivity index (χ4n) is 3.09. The number of ketones is 1. The fourth-order valence-corrected chi connectivity index (χ4v) is 3.09. The van der Waals surface area contributed by atoms with Gasteiger partial charge in [-0.2, -0.15) is 0 Å². The molecule has 0 unspecified atom stereocenters. The first kappa shape index (κ1) is 15.5. The second kappa shape index (κ2) is 5.65. The van der Waals surface area contributed by atoms with Crippen molar-refractivity contribution < 1.29 is 14.3 Å². The van der Waals surface area contributed by atoms with Gasteiger partial charge in [0.15, 0.2) is 5.78 Å². The van der Waals surface area contributed by atoms with Gasteiger partial charge >= 0.3 is 5.97 Å². The zero-order chi connectivity index (χ0) is 16.6. The number of aromatic nitrogens is 2. The molecule has 120 valence electrons. The number of nitrogens with zero attached hydrogens (tertiary/aromatic N) is 2. The van der Waals surface area contributed by atoms with E-state index in [0.717, 1.165) is 23.4 Å². The number of rotatable bonds is 3. The quantitative estimate of drug-likeness (QED) is 0.818. The summed E-state index contributed by atoms with van der Waals surface area (Å²) in [6.45, 7) is 4.76. The molecule has 0 bridgehead atoms. The summed E-state index contributed by atoms with van der Waals surface area (Å²) in [6, 6.07) is 7.21. The largest absolute Gasteiger partial charge is 0.465 e. The molecule has 0 fully saturated rings. The van der Waals surface area contributed by atoms with Gasteiger partial charge < -0.3 is 9.30 Å². The standard InChI is InChI=1S/C18H20N2O3/c1-18(2)8-14-16(15(21)9-18)20(11-19-14)10-12-4-6-13(7-5-12)17(22)23-3/h4-7,11H,8-10H2,1-3H3. The molecule has 0 aliphatic heterocycles. The van der Waals surface area contributed by atoms with Gasteiger partial charge in [0.2, 0.25) is 0 Å². The van der Waals surface area contributed by atoms with Gasteiger partial charge in [0.1, 0.15) is 5.69 Å². The number of fused-ring (bicyclic) bond motifs is 1. The zero-order valence-electron chi connectivity index (χ0n) is 13.6. The van der Waals surface area contributed by atoms with Crippen molar-refractivity contribution in [1.29, 1.82) is 0 Å². The van der Waals surface area contributed by atoms with Crippen molar-refractivity contribution in [1.82, 2.24) is 9.55 Å². The van der Waals surface area contributed by atoms with Crippen molar-refractivity contribution in [2.24, 2.45) is 5.41 Å². The fraction of sp³-hybridized carbons (Fsp3) is 0.389. The Hall–Kier alpha value is -2.43. The Balaban J connectivity index is 1.84. The molecule has 1 aromatic carbocycles. The second-order valence-corrected chi connectivity index (χ2v) is 6.80. The number of Topliss-reactive ketones (excluding diaryl/α,β-unsaturated/α-hetero) is 1. The number of ether oxygens (including phenoxy) is 1. The summed E-state index contributed by atoms with van der Waals surface area (Å²) in [5.74, 6) is -0.200. The van der Waals surface area contributed by atoms with Crippen LogP contribution in [0.25, 0.3) is 0 Å². The third-order valence-corrected chi connectivity index (χ3v) is 4.19. The minimum atomic E-state index is -0.353. The van der Waals surface area contributed by atoms with Crippen LogP contribution in [0, 0.1) is 5.41 Å². The average Bonchev–Trinajstić information content (AvgIpc) is 2.88. The Morgan fingerprint density at radius 3 is 2.61 bits per heavy atom. The smallest absolute Gasteiger partial charge is 0.337 e. The number of hydrogen-bond donors (Lipinski definition) is 0. The Morgan fingerprint density at radius 1 is 1.26 bits per heavy atom. The van der Waals surface area contributed by atoms with E-state index in [1.807, 2.05) is 16.7 Å². The van der Waals surface area contributed by atoms with Crippen molar-refractivity contribution in [3.8, 4) is 0 Å². The molecular weight excluding hydrogens is 292 g/mol. The summed E-state index contributed by atoms with van der Waals surface area (Å²) in [5, 5.41) is 0. The van der Waals surface area contributed by atoms with Crippen LogP contribution < -0.4 is 0 Å². The number of methoxy groups -OCH3 is 1. The Labute approximate surface area is 135 Å². The van der Waals surface area contributed by atoms with E-state index >= 15 is 0 Å². The topological polar surface area (TPSA) is 61.2 Å². The molecule has 0 saturated carbocycles. The van der Waals surface area contributed by atoms with Crippen LogP contribution in [0.5, 0.6) is 0 Å². The average molecular weight is 312 g/mol. The van der Waals surface area contributed by atoms with E-state index in [9.17, 15) is 9.59 Å². The van der Waals surface area contributed by atoms with E-state index in [1.165, 1.54) is 7.11 Å². The predicted octanol–water partition coefficient (Wildman–Crippen LogP) is 2.87. The van der Waals surface area contributed by atoms with Crippen LogP contribution in [0.15, 0.2) is 30.6 Å². The van der Waals surface area contributed by atoms with Crippen LogP contribution in [0.2, 0.25) is 0 Å². The van der Waals surface area contributed by atoms with E-state index in [2.05, 4.69) is 18.8 Å². The number of esters is 1. The van der Waals surface area contributed by atoms with E-state index < -0.39 is 0 Å². The summed E-state index contributed by atoms with van der Waals surface area (Å²) in [7, 11) is 1.36. The van der Waals surface area contributed by atoms with Gasteiger partial charge in [0, 0.05) is 13.0 Å². The van der Waals surface area contributed by atoms with Crippen LogP contribution in [0.4, 0.5) is 0 Å². The molecule has 5 heteroatoms. The zero-order valence-corrected chi connectivity index (χ0v) is 13.6. The molecule has 5 nitrogen and oxygen atoms in total. The van der Waals surface area contributed by atoms with Crippen LogP contribution in [0.3, 0.4) is 0 Å². The number of benzene rings is 1. The minimum Gasteiger partial charge on any atom is -0.465 e. The minimum absolute atomic E-state index is 0.0224. The highest BCUT2D eigenvalue weighted by Crippen LogP contribution is 2.34. The number of carbonyl (C=O) groups is 2. The molecule has 2 aromatic rings. The summed E-state index contributed by atoms with van der Waals surface area (Å²) in [6.07, 6.45) is 3.10. The lowest BCUT2D eigenvalue weighted by atomic mass is 9.77. The van der Waals surface area contributed by atoms with Crippen LogP contribution in [0.1, 0.15) is 52.4 Å². The summed E-state index contributed by atoms with van der Waals surface area (Å²) in [5.41, 5.74) is 3.11. The molecule has 0 atom stereocenters. The maximum atomic E-state index is 12.4. The Morgan fingerprint density at radius 2 is 1.96 bits per heavy atom. The molecule has 0 spiro atoms. The first-order valence-electron chi connectivity index (χ1n) is 7.64. The van der Waals surface area contributed by atoms with Gasteiger partial charge in [-0.15, -0.1) is 0 Å². The molecule has 0 amide bonds. The van der Waals surface area contributed by atoms with Crippen molar-refractivity contribution >= 4 is 11.8 Å². The normalized spacial score (nSPS) is 16.0. The monoisotopic (exact) mass is 312 g/mol. The Bertz CT molecular complexity index is 757. The third-order valence-electron chi connectivity index (χ3n) is 4.19. The maximum absolute atomic E-state index is 12.4. The predicted molar refractivity (Wildman–Crippen MR) is 85.5 cm³/mol. The lowest BCUT2D eigenvalue weighted by Crippen LogP contribution is -2.28. The van der Waals surface area contributed by atoms with Crippen LogP contribution in [-0.4, -0.2) is 28.4 Å². The molecule has 1 aliphatic carbocycles. The van der Waals surface area contributed by atoms with Crippen molar-refractivity contribution in [2.75, 3.05) is 7.11 Å². The van der Waals surface area contributed by atoms with E-state index in [1.54, 1.807) is 18.5 Å². The maximum Gasteiger partial charge on any atom is 0.337 e. The third kappa shape index (κ3) is 3.04. The van der Waals surface area contributed by atoms with Crippen LogP contribution in [-0.2, 0) is 17.7 Å². The lowest BCUT2D eigenvalue weighted by molar-refractivity contribution is 0.0600. The highest BCUT2D eigenvalue weighted by molar-refractivity contribution is 5.97. The second-order valence-electron chi connectivity index (χ2n) is 6.80. The van der Waals surface area contributed by atoms with Crippen molar-refractivity contribution in [3.05, 3.63) is 53.1 Å². The lowest BCUT2D eigenvalue weighted by Gasteiger charge is -2.28. The van der Waals surface area contributed by atoms with Gasteiger partial charge in [-0.25, -0.2) is 9.78 Å². The number of carbonyl (C=O) groups excluding carboxylic acids is 2. The molecule has 23 heavy (non-hydrogen) atoms. The number of imidazole rings is 1. The van der Waals surface area contributed by atoms with Crippen molar-refractivity contribution in [2.45, 2.75) is 33.2 Å². The molecule has 1 heterocycles. The van der Waals surface area contributed by atoms with E-state index in [0.29, 0.717) is 18.5 Å².